The van der Waals surface area contributed by atoms with Gasteiger partial charge in [0.25, 0.3) is 0 Å². The highest BCUT2D eigenvalue weighted by Gasteiger charge is 2.02. The first kappa shape index (κ1) is 10.5. The molecule has 0 amide bonds. The SMILES string of the molecule is Brc1cccc(Cc2nsc(I)n2)c1. The Balaban J connectivity index is 2.18. The Bertz CT molecular complexity index is 444. The van der Waals surface area contributed by atoms with Crippen LogP contribution in [-0.2, 0) is 6.42 Å². The van der Waals surface area contributed by atoms with Gasteiger partial charge in [-0.15, -0.1) is 0 Å². The topological polar surface area (TPSA) is 25.8 Å². The summed E-state index contributed by atoms with van der Waals surface area (Å²) in [6, 6.07) is 8.21. The maximum atomic E-state index is 4.31. The highest BCUT2D eigenvalue weighted by molar-refractivity contribution is 14.1. The van der Waals surface area contributed by atoms with E-state index in [1.165, 1.54) is 17.1 Å². The van der Waals surface area contributed by atoms with Gasteiger partial charge < -0.3 is 0 Å². The van der Waals surface area contributed by atoms with Crippen LogP contribution in [0, 0.1) is 3.01 Å². The third kappa shape index (κ3) is 2.74. The van der Waals surface area contributed by atoms with Crippen molar-refractivity contribution in [1.82, 2.24) is 9.36 Å². The molecule has 0 unspecified atom stereocenters. The van der Waals surface area contributed by atoms with Crippen LogP contribution in [0.25, 0.3) is 0 Å². The molecule has 1 aromatic carbocycles. The van der Waals surface area contributed by atoms with E-state index in [0.717, 1.165) is 19.7 Å². The fourth-order valence-corrected chi connectivity index (χ4v) is 2.59. The number of halogens is 2. The van der Waals surface area contributed by atoms with Crippen LogP contribution in [0.2, 0.25) is 0 Å². The molecule has 1 heterocycles. The molecule has 2 nitrogen and oxygen atoms in total. The summed E-state index contributed by atoms with van der Waals surface area (Å²) in [5.74, 6) is 0.900. The van der Waals surface area contributed by atoms with Crippen molar-refractivity contribution in [3.63, 3.8) is 0 Å². The normalized spacial score (nSPS) is 10.4. The molecule has 0 saturated heterocycles. The summed E-state index contributed by atoms with van der Waals surface area (Å²) in [6.45, 7) is 0. The van der Waals surface area contributed by atoms with E-state index in [4.69, 9.17) is 0 Å². The largest absolute Gasteiger partial charge is 0.213 e. The molecule has 72 valence electrons. The van der Waals surface area contributed by atoms with Crippen LogP contribution in [0.4, 0.5) is 0 Å². The van der Waals surface area contributed by atoms with Gasteiger partial charge >= 0.3 is 0 Å². The first-order valence-corrected chi connectivity index (χ1v) is 6.61. The summed E-state index contributed by atoms with van der Waals surface area (Å²) in [5.41, 5.74) is 1.23. The molecule has 0 N–H and O–H groups in total. The Morgan fingerprint density at radius 2 is 2.29 bits per heavy atom. The molecule has 0 aliphatic rings. The predicted molar refractivity (Wildman–Crippen MR) is 69.6 cm³/mol. The van der Waals surface area contributed by atoms with Gasteiger partial charge in [0.1, 0.15) is 5.82 Å². The lowest BCUT2D eigenvalue weighted by Crippen LogP contribution is -1.90. The maximum absolute atomic E-state index is 4.31. The third-order valence-electron chi connectivity index (χ3n) is 1.69. The third-order valence-corrected chi connectivity index (χ3v) is 3.56. The van der Waals surface area contributed by atoms with E-state index < -0.39 is 0 Å². The molecule has 0 fully saturated rings. The Labute approximate surface area is 108 Å². The summed E-state index contributed by atoms with van der Waals surface area (Å²) < 4.78 is 6.34. The zero-order chi connectivity index (χ0) is 9.97. The van der Waals surface area contributed by atoms with Crippen molar-refractivity contribution >= 4 is 50.1 Å². The average Bonchev–Trinajstić information content (AvgIpc) is 2.51. The van der Waals surface area contributed by atoms with Crippen LogP contribution in [0.15, 0.2) is 28.7 Å². The molecule has 2 aromatic rings. The van der Waals surface area contributed by atoms with Crippen LogP contribution >= 0.6 is 50.1 Å². The zero-order valence-corrected chi connectivity index (χ0v) is 11.6. The zero-order valence-electron chi connectivity index (χ0n) is 7.08. The van der Waals surface area contributed by atoms with Crippen LogP contribution in [-0.4, -0.2) is 9.36 Å². The van der Waals surface area contributed by atoms with E-state index >= 15 is 0 Å². The Kier molecular flexibility index (Phi) is 3.51. The van der Waals surface area contributed by atoms with Crippen molar-refractivity contribution in [3.05, 3.63) is 43.1 Å². The van der Waals surface area contributed by atoms with Crippen molar-refractivity contribution in [1.29, 1.82) is 0 Å². The van der Waals surface area contributed by atoms with Gasteiger partial charge in [0.05, 0.1) is 0 Å². The number of hydrogen-bond donors (Lipinski definition) is 0. The maximum Gasteiger partial charge on any atom is 0.173 e. The Morgan fingerprint density at radius 1 is 1.43 bits per heavy atom. The van der Waals surface area contributed by atoms with Crippen molar-refractivity contribution < 1.29 is 0 Å². The predicted octanol–water partition coefficient (Wildman–Crippen LogP) is 3.50. The standard InChI is InChI=1S/C9H6BrIN2S/c10-7-3-1-2-6(4-7)5-8-12-9(11)14-13-8/h1-4H,5H2. The van der Waals surface area contributed by atoms with Crippen LogP contribution in [0.5, 0.6) is 0 Å². The molecule has 1 aromatic heterocycles. The van der Waals surface area contributed by atoms with Crippen molar-refractivity contribution in [3.8, 4) is 0 Å². The van der Waals surface area contributed by atoms with Gasteiger partial charge in [-0.05, 0) is 51.8 Å². The van der Waals surface area contributed by atoms with Gasteiger partial charge in [-0.25, -0.2) is 4.98 Å². The number of benzene rings is 1. The molecule has 0 spiro atoms. The molecule has 14 heavy (non-hydrogen) atoms. The first-order valence-electron chi connectivity index (χ1n) is 3.96. The monoisotopic (exact) mass is 380 g/mol. The number of rotatable bonds is 2. The fourth-order valence-electron chi connectivity index (χ4n) is 1.13. The van der Waals surface area contributed by atoms with Crippen LogP contribution in [0.3, 0.4) is 0 Å². The quantitative estimate of drug-likeness (QED) is 0.745. The number of hydrogen-bond acceptors (Lipinski definition) is 3. The molecule has 0 saturated carbocycles. The summed E-state index contributed by atoms with van der Waals surface area (Å²) in [7, 11) is 0. The van der Waals surface area contributed by atoms with Crippen LogP contribution in [0.1, 0.15) is 11.4 Å². The Morgan fingerprint density at radius 3 is 2.93 bits per heavy atom. The molecule has 0 aliphatic heterocycles. The molecule has 0 aliphatic carbocycles. The van der Waals surface area contributed by atoms with Gasteiger partial charge in [0, 0.05) is 10.9 Å². The van der Waals surface area contributed by atoms with E-state index in [1.54, 1.807) is 0 Å². The van der Waals surface area contributed by atoms with Crippen molar-refractivity contribution in [2.24, 2.45) is 0 Å². The fraction of sp³-hybridized carbons (Fsp3) is 0.111. The van der Waals surface area contributed by atoms with Crippen molar-refractivity contribution in [2.45, 2.75) is 6.42 Å². The lowest BCUT2D eigenvalue weighted by atomic mass is 10.1. The highest BCUT2D eigenvalue weighted by atomic mass is 127. The van der Waals surface area contributed by atoms with Gasteiger partial charge in [-0.3, -0.25) is 0 Å². The minimum Gasteiger partial charge on any atom is -0.213 e. The molecule has 0 bridgehead atoms. The molecule has 0 atom stereocenters. The van der Waals surface area contributed by atoms with E-state index in [-0.39, 0.29) is 0 Å². The minimum absolute atomic E-state index is 0.805. The van der Waals surface area contributed by atoms with Gasteiger partial charge in [0.2, 0.25) is 0 Å². The molecule has 0 radical (unpaired) electrons. The van der Waals surface area contributed by atoms with E-state index in [9.17, 15) is 0 Å². The second-order valence-electron chi connectivity index (χ2n) is 2.77. The average molecular weight is 381 g/mol. The van der Waals surface area contributed by atoms with Gasteiger partial charge in [-0.2, -0.15) is 4.37 Å². The van der Waals surface area contributed by atoms with Crippen molar-refractivity contribution in [2.75, 3.05) is 0 Å². The summed E-state index contributed by atoms with van der Waals surface area (Å²) >= 11 is 7.07. The highest BCUT2D eigenvalue weighted by Crippen LogP contribution is 2.15. The summed E-state index contributed by atoms with van der Waals surface area (Å²) in [5, 5.41) is 0. The second-order valence-corrected chi connectivity index (χ2v) is 6.19. The first-order chi connectivity index (χ1) is 6.74. The van der Waals surface area contributed by atoms with Gasteiger partial charge in [-0.1, -0.05) is 28.1 Å². The molecular weight excluding hydrogens is 375 g/mol. The summed E-state index contributed by atoms with van der Waals surface area (Å²) in [6.07, 6.45) is 0.805. The van der Waals surface area contributed by atoms with E-state index in [2.05, 4.69) is 60.0 Å². The van der Waals surface area contributed by atoms with Crippen LogP contribution < -0.4 is 0 Å². The lowest BCUT2D eigenvalue weighted by Gasteiger charge is -1.97. The summed E-state index contributed by atoms with van der Waals surface area (Å²) in [4.78, 5) is 4.31. The van der Waals surface area contributed by atoms with E-state index in [1.807, 2.05) is 12.1 Å². The minimum atomic E-state index is 0.805. The second kappa shape index (κ2) is 4.67. The molecular formula is C9H6BrIN2S. The van der Waals surface area contributed by atoms with Gasteiger partial charge in [0.15, 0.2) is 3.01 Å². The Hall–Kier alpha value is -0.0100. The lowest BCUT2D eigenvalue weighted by molar-refractivity contribution is 1.03. The molecule has 5 heteroatoms. The van der Waals surface area contributed by atoms with E-state index in [0.29, 0.717) is 0 Å². The number of nitrogens with zero attached hydrogens (tertiary/aromatic N) is 2. The number of aromatic nitrogens is 2. The smallest absolute Gasteiger partial charge is 0.173 e. The molecule has 2 rings (SSSR count).